The molecule has 17 heavy (non-hydrogen) atoms. The fourth-order valence-electron chi connectivity index (χ4n) is 2.87. The molecule has 0 radical (unpaired) electrons. The van der Waals surface area contributed by atoms with Gasteiger partial charge in [-0.3, -0.25) is 0 Å². The molecule has 0 aromatic carbocycles. The van der Waals surface area contributed by atoms with Gasteiger partial charge in [0.2, 0.25) is 0 Å². The number of nitrogens with zero attached hydrogens (tertiary/aromatic N) is 2. The Hall–Kier alpha value is -0.830. The lowest BCUT2D eigenvalue weighted by molar-refractivity contribution is 0.0911. The van der Waals surface area contributed by atoms with E-state index in [1.54, 1.807) is 0 Å². The number of aliphatic hydroxyl groups is 1. The molecule has 0 bridgehead atoms. The van der Waals surface area contributed by atoms with Crippen LogP contribution in [0.5, 0.6) is 0 Å². The van der Waals surface area contributed by atoms with Crippen LogP contribution in [0.2, 0.25) is 0 Å². The van der Waals surface area contributed by atoms with E-state index in [2.05, 4.69) is 16.5 Å². The van der Waals surface area contributed by atoms with E-state index in [0.29, 0.717) is 5.92 Å². The van der Waals surface area contributed by atoms with Crippen LogP contribution in [0, 0.1) is 5.92 Å². The van der Waals surface area contributed by atoms with E-state index in [1.165, 1.54) is 38.5 Å². The molecular formula is C14H24N2O. The zero-order chi connectivity index (χ0) is 12.1. The molecule has 1 atom stereocenters. The Bertz CT molecular complexity index is 327. The van der Waals surface area contributed by atoms with Gasteiger partial charge in [0.15, 0.2) is 0 Å². The minimum absolute atomic E-state index is 0.317. The molecule has 3 heteroatoms. The quantitative estimate of drug-likeness (QED) is 0.815. The Morgan fingerprint density at radius 3 is 2.71 bits per heavy atom. The highest BCUT2D eigenvalue weighted by Crippen LogP contribution is 2.33. The van der Waals surface area contributed by atoms with Crippen molar-refractivity contribution in [3.05, 3.63) is 18.2 Å². The minimum atomic E-state index is -0.317. The fraction of sp³-hybridized carbons (Fsp3) is 0.786. The van der Waals surface area contributed by atoms with Gasteiger partial charge in [-0.25, -0.2) is 4.98 Å². The Morgan fingerprint density at radius 2 is 2.06 bits per heavy atom. The molecule has 1 unspecified atom stereocenters. The van der Waals surface area contributed by atoms with E-state index in [1.807, 2.05) is 12.5 Å². The van der Waals surface area contributed by atoms with Crippen molar-refractivity contribution in [1.82, 2.24) is 9.55 Å². The first kappa shape index (κ1) is 12.6. The predicted octanol–water partition coefficient (Wildman–Crippen LogP) is 3.30. The van der Waals surface area contributed by atoms with E-state index in [4.69, 9.17) is 0 Å². The highest BCUT2D eigenvalue weighted by molar-refractivity contribution is 5.04. The molecule has 1 N–H and O–H groups in total. The number of hydrogen-bond donors (Lipinski definition) is 1. The van der Waals surface area contributed by atoms with Gasteiger partial charge >= 0.3 is 0 Å². The predicted molar refractivity (Wildman–Crippen MR) is 68.7 cm³/mol. The van der Waals surface area contributed by atoms with Gasteiger partial charge in [0.25, 0.3) is 0 Å². The zero-order valence-electron chi connectivity index (χ0n) is 10.8. The molecule has 3 nitrogen and oxygen atoms in total. The van der Waals surface area contributed by atoms with Gasteiger partial charge < -0.3 is 9.67 Å². The number of aryl methyl sites for hydroxylation is 1. The van der Waals surface area contributed by atoms with Crippen molar-refractivity contribution in [2.24, 2.45) is 5.92 Å². The highest BCUT2D eigenvalue weighted by atomic mass is 16.3. The van der Waals surface area contributed by atoms with E-state index in [0.717, 1.165) is 18.7 Å². The van der Waals surface area contributed by atoms with Gasteiger partial charge in [0.1, 0.15) is 0 Å². The van der Waals surface area contributed by atoms with E-state index in [9.17, 15) is 5.11 Å². The van der Waals surface area contributed by atoms with Crippen molar-refractivity contribution in [2.45, 2.75) is 64.5 Å². The van der Waals surface area contributed by atoms with Crippen LogP contribution in [0.4, 0.5) is 0 Å². The van der Waals surface area contributed by atoms with Crippen LogP contribution in [0.25, 0.3) is 0 Å². The van der Waals surface area contributed by atoms with Gasteiger partial charge in [0.05, 0.1) is 24.3 Å². The SMILES string of the molecule is CCCn1cncc1C(O)C1CCCCCC1. The second-order valence-corrected chi connectivity index (χ2v) is 5.21. The summed E-state index contributed by atoms with van der Waals surface area (Å²) < 4.78 is 2.11. The first-order chi connectivity index (χ1) is 8.33. The summed E-state index contributed by atoms with van der Waals surface area (Å²) in [5.41, 5.74) is 1.01. The summed E-state index contributed by atoms with van der Waals surface area (Å²) in [6.07, 6.45) is 12.0. The number of rotatable bonds is 4. The minimum Gasteiger partial charge on any atom is -0.387 e. The van der Waals surface area contributed by atoms with E-state index >= 15 is 0 Å². The number of aliphatic hydroxyl groups excluding tert-OH is 1. The van der Waals surface area contributed by atoms with Crippen molar-refractivity contribution in [1.29, 1.82) is 0 Å². The Morgan fingerprint density at radius 1 is 1.35 bits per heavy atom. The molecule has 1 aliphatic carbocycles. The summed E-state index contributed by atoms with van der Waals surface area (Å²) in [6.45, 7) is 3.11. The first-order valence-electron chi connectivity index (χ1n) is 7.01. The molecule has 1 aromatic rings. The molecule has 1 aliphatic rings. The average Bonchev–Trinajstić information content (AvgIpc) is 2.63. The summed E-state index contributed by atoms with van der Waals surface area (Å²) in [5, 5.41) is 10.5. The maximum absolute atomic E-state index is 10.5. The molecule has 1 saturated carbocycles. The second-order valence-electron chi connectivity index (χ2n) is 5.21. The molecule has 96 valence electrons. The lowest BCUT2D eigenvalue weighted by atomic mass is 9.92. The van der Waals surface area contributed by atoms with Gasteiger partial charge in [-0.05, 0) is 25.2 Å². The topological polar surface area (TPSA) is 38.0 Å². The van der Waals surface area contributed by atoms with Gasteiger partial charge in [0, 0.05) is 6.54 Å². The molecule has 0 saturated heterocycles. The molecule has 0 aliphatic heterocycles. The average molecular weight is 236 g/mol. The number of imidazole rings is 1. The van der Waals surface area contributed by atoms with Gasteiger partial charge in [-0.2, -0.15) is 0 Å². The van der Waals surface area contributed by atoms with E-state index in [-0.39, 0.29) is 6.10 Å². The van der Waals surface area contributed by atoms with Crippen LogP contribution in [0.3, 0.4) is 0 Å². The summed E-state index contributed by atoms with van der Waals surface area (Å²) >= 11 is 0. The lowest BCUT2D eigenvalue weighted by Crippen LogP contribution is -2.16. The molecule has 0 spiro atoms. The Kier molecular flexibility index (Phi) is 4.60. The molecule has 1 aromatic heterocycles. The molecule has 2 rings (SSSR count). The largest absolute Gasteiger partial charge is 0.387 e. The van der Waals surface area contributed by atoms with Crippen LogP contribution in [-0.4, -0.2) is 14.7 Å². The highest BCUT2D eigenvalue weighted by Gasteiger charge is 2.24. The van der Waals surface area contributed by atoms with Crippen LogP contribution in [-0.2, 0) is 6.54 Å². The lowest BCUT2D eigenvalue weighted by Gasteiger charge is -2.22. The third-order valence-electron chi connectivity index (χ3n) is 3.86. The second kappa shape index (κ2) is 6.20. The maximum Gasteiger partial charge on any atom is 0.0983 e. The maximum atomic E-state index is 10.5. The first-order valence-corrected chi connectivity index (χ1v) is 7.01. The Balaban J connectivity index is 2.06. The fourth-order valence-corrected chi connectivity index (χ4v) is 2.87. The number of hydrogen-bond acceptors (Lipinski definition) is 2. The smallest absolute Gasteiger partial charge is 0.0983 e. The van der Waals surface area contributed by atoms with Crippen molar-refractivity contribution in [3.8, 4) is 0 Å². The number of aromatic nitrogens is 2. The summed E-state index contributed by atoms with van der Waals surface area (Å²) in [5.74, 6) is 0.435. The molecule has 1 fully saturated rings. The third kappa shape index (κ3) is 3.09. The van der Waals surface area contributed by atoms with Crippen molar-refractivity contribution >= 4 is 0 Å². The van der Waals surface area contributed by atoms with Crippen molar-refractivity contribution < 1.29 is 5.11 Å². The zero-order valence-corrected chi connectivity index (χ0v) is 10.8. The van der Waals surface area contributed by atoms with Gasteiger partial charge in [-0.15, -0.1) is 0 Å². The molecular weight excluding hydrogens is 212 g/mol. The summed E-state index contributed by atoms with van der Waals surface area (Å²) in [7, 11) is 0. The van der Waals surface area contributed by atoms with Crippen LogP contribution < -0.4 is 0 Å². The van der Waals surface area contributed by atoms with Gasteiger partial charge in [-0.1, -0.05) is 32.6 Å². The summed E-state index contributed by atoms with van der Waals surface area (Å²) in [4.78, 5) is 4.18. The van der Waals surface area contributed by atoms with Crippen molar-refractivity contribution in [2.75, 3.05) is 0 Å². The third-order valence-corrected chi connectivity index (χ3v) is 3.86. The summed E-state index contributed by atoms with van der Waals surface area (Å²) in [6, 6.07) is 0. The standard InChI is InChI=1S/C14H24N2O/c1-2-9-16-11-15-10-13(16)14(17)12-7-5-3-4-6-8-12/h10-12,14,17H,2-9H2,1H3. The normalized spacial score (nSPS) is 20.1. The molecule has 1 heterocycles. The molecule has 0 amide bonds. The Labute approximate surface area is 104 Å². The van der Waals surface area contributed by atoms with Crippen LogP contribution >= 0.6 is 0 Å². The van der Waals surface area contributed by atoms with Crippen molar-refractivity contribution in [3.63, 3.8) is 0 Å². The van der Waals surface area contributed by atoms with Crippen LogP contribution in [0.1, 0.15) is 63.7 Å². The monoisotopic (exact) mass is 236 g/mol. The van der Waals surface area contributed by atoms with Crippen LogP contribution in [0.15, 0.2) is 12.5 Å². The van der Waals surface area contributed by atoms with E-state index < -0.39 is 0 Å².